The Bertz CT molecular complexity index is 2920. The molecule has 0 saturated heterocycles. The largest absolute Gasteiger partial charge is 0.453 e. The van der Waals surface area contributed by atoms with Gasteiger partial charge in [0.2, 0.25) is 0 Å². The molecule has 2 aliphatic heterocycles. The van der Waals surface area contributed by atoms with E-state index in [1.54, 1.807) is 0 Å². The monoisotopic (exact) mass is 699 g/mol. The van der Waals surface area contributed by atoms with Crippen molar-refractivity contribution in [2.75, 3.05) is 9.80 Å². The van der Waals surface area contributed by atoms with Gasteiger partial charge in [0.1, 0.15) is 11.5 Å². The third kappa shape index (κ3) is 4.63. The number of anilines is 6. The maximum Gasteiger partial charge on any atom is 0.155 e. The molecule has 0 amide bonds. The van der Waals surface area contributed by atoms with Crippen molar-refractivity contribution < 1.29 is 13.9 Å². The van der Waals surface area contributed by atoms with Gasteiger partial charge in [0.05, 0.1) is 33.8 Å². The van der Waals surface area contributed by atoms with E-state index < -0.39 is 0 Å². The maximum atomic E-state index is 14.2. The molecule has 0 aliphatic carbocycles. The lowest BCUT2D eigenvalue weighted by molar-refractivity contribution is 0.446. The van der Waals surface area contributed by atoms with Crippen LogP contribution in [0.4, 0.5) is 38.5 Å². The smallest absolute Gasteiger partial charge is 0.155 e. The second-order valence-electron chi connectivity index (χ2n) is 13.5. The molecule has 8 aromatic carbocycles. The molecule has 6 heteroatoms. The molecular formula is C48H30FN3O2. The molecule has 11 rings (SSSR count). The van der Waals surface area contributed by atoms with Crippen molar-refractivity contribution in [2.24, 2.45) is 0 Å². The molecule has 0 atom stereocenters. The van der Waals surface area contributed by atoms with Gasteiger partial charge in [-0.3, -0.25) is 4.90 Å². The number of nitrogens with zero attached hydrogens (tertiary/aromatic N) is 3. The van der Waals surface area contributed by atoms with Gasteiger partial charge in [-0.1, -0.05) is 84.9 Å². The van der Waals surface area contributed by atoms with E-state index in [-0.39, 0.29) is 5.82 Å². The fourth-order valence-corrected chi connectivity index (χ4v) is 8.06. The highest BCUT2D eigenvalue weighted by atomic mass is 19.1. The summed E-state index contributed by atoms with van der Waals surface area (Å²) in [6.45, 7) is 0. The molecule has 5 nitrogen and oxygen atoms in total. The summed E-state index contributed by atoms with van der Waals surface area (Å²) in [5, 5.41) is 2.30. The van der Waals surface area contributed by atoms with Crippen LogP contribution in [-0.4, -0.2) is 4.57 Å². The zero-order chi connectivity index (χ0) is 35.8. The van der Waals surface area contributed by atoms with E-state index in [2.05, 4.69) is 117 Å². The highest BCUT2D eigenvalue weighted by molar-refractivity contribution is 6.11. The number of fused-ring (bicyclic) bond motifs is 7. The highest BCUT2D eigenvalue weighted by Gasteiger charge is 2.35. The molecule has 2 aliphatic rings. The van der Waals surface area contributed by atoms with E-state index in [9.17, 15) is 4.39 Å². The number of ether oxygens (including phenoxy) is 2. The van der Waals surface area contributed by atoms with Crippen LogP contribution in [0.2, 0.25) is 0 Å². The number of para-hydroxylation sites is 6. The Balaban J connectivity index is 1.14. The Labute approximate surface area is 310 Å². The van der Waals surface area contributed by atoms with Crippen LogP contribution in [0.1, 0.15) is 0 Å². The van der Waals surface area contributed by atoms with Crippen LogP contribution < -0.4 is 19.3 Å². The summed E-state index contributed by atoms with van der Waals surface area (Å²) in [5.41, 5.74) is 10.8. The van der Waals surface area contributed by atoms with Crippen LogP contribution >= 0.6 is 0 Å². The minimum atomic E-state index is -0.270. The summed E-state index contributed by atoms with van der Waals surface area (Å²) in [5.74, 6) is 2.71. The SMILES string of the molecule is Fc1ccc(-c2ccccc2N(c2ccc3c(c2)Oc2cccc4c2N3c2ccccc2O4)c2ccc3c(c2)c2ccccc2n3-c2ccccc2)cc1. The summed E-state index contributed by atoms with van der Waals surface area (Å²) >= 11 is 0. The molecule has 0 fully saturated rings. The summed E-state index contributed by atoms with van der Waals surface area (Å²) < 4.78 is 29.6. The van der Waals surface area contributed by atoms with Gasteiger partial charge in [-0.05, 0) is 96.6 Å². The zero-order valence-electron chi connectivity index (χ0n) is 28.9. The molecule has 256 valence electrons. The number of halogens is 1. The number of aromatic nitrogens is 1. The van der Waals surface area contributed by atoms with Crippen LogP contribution in [0.15, 0.2) is 182 Å². The molecule has 0 saturated carbocycles. The van der Waals surface area contributed by atoms with Crippen LogP contribution in [-0.2, 0) is 0 Å². The van der Waals surface area contributed by atoms with E-state index in [0.29, 0.717) is 0 Å². The highest BCUT2D eigenvalue weighted by Crippen LogP contribution is 2.60. The molecule has 0 bridgehead atoms. The second-order valence-corrected chi connectivity index (χ2v) is 13.5. The Morgan fingerprint density at radius 2 is 1.11 bits per heavy atom. The van der Waals surface area contributed by atoms with Crippen molar-refractivity contribution in [2.45, 2.75) is 0 Å². The number of benzene rings is 8. The molecule has 0 N–H and O–H groups in total. The van der Waals surface area contributed by atoms with Gasteiger partial charge in [0.25, 0.3) is 0 Å². The van der Waals surface area contributed by atoms with Crippen molar-refractivity contribution in [3.05, 3.63) is 188 Å². The van der Waals surface area contributed by atoms with E-state index in [0.717, 1.165) is 95.7 Å². The molecule has 0 radical (unpaired) electrons. The lowest BCUT2D eigenvalue weighted by atomic mass is 10.0. The average molecular weight is 700 g/mol. The zero-order valence-corrected chi connectivity index (χ0v) is 28.9. The number of hydrogen-bond donors (Lipinski definition) is 0. The molecule has 0 unspecified atom stereocenters. The van der Waals surface area contributed by atoms with Gasteiger partial charge in [0, 0.05) is 33.8 Å². The van der Waals surface area contributed by atoms with Crippen molar-refractivity contribution in [3.63, 3.8) is 0 Å². The Morgan fingerprint density at radius 3 is 1.98 bits per heavy atom. The number of hydrogen-bond acceptors (Lipinski definition) is 4. The normalized spacial score (nSPS) is 12.4. The van der Waals surface area contributed by atoms with Crippen LogP contribution in [0, 0.1) is 5.82 Å². The van der Waals surface area contributed by atoms with Crippen molar-refractivity contribution in [3.8, 4) is 39.8 Å². The van der Waals surface area contributed by atoms with Crippen molar-refractivity contribution in [1.29, 1.82) is 0 Å². The fourth-order valence-electron chi connectivity index (χ4n) is 8.06. The number of rotatable bonds is 5. The molecule has 0 spiro atoms. The molecule has 54 heavy (non-hydrogen) atoms. The summed E-state index contributed by atoms with van der Waals surface area (Å²) in [4.78, 5) is 4.50. The van der Waals surface area contributed by atoms with Crippen LogP contribution in [0.3, 0.4) is 0 Å². The fraction of sp³-hybridized carbons (Fsp3) is 0. The maximum absolute atomic E-state index is 14.2. The topological polar surface area (TPSA) is 29.9 Å². The van der Waals surface area contributed by atoms with Crippen LogP contribution in [0.25, 0.3) is 38.6 Å². The van der Waals surface area contributed by atoms with Crippen molar-refractivity contribution in [1.82, 2.24) is 4.57 Å². The van der Waals surface area contributed by atoms with E-state index in [4.69, 9.17) is 9.47 Å². The third-order valence-corrected chi connectivity index (χ3v) is 10.4. The van der Waals surface area contributed by atoms with Gasteiger partial charge >= 0.3 is 0 Å². The lowest BCUT2D eigenvalue weighted by Crippen LogP contribution is -2.20. The summed E-state index contributed by atoms with van der Waals surface area (Å²) in [7, 11) is 0. The van der Waals surface area contributed by atoms with E-state index >= 15 is 0 Å². The Kier molecular flexibility index (Phi) is 6.67. The standard InChI is InChI=1S/C48H30FN3O2/c49-32-23-21-31(22-24-32)36-13-4-6-15-39(36)50(34-25-27-41-38(29-34)37-14-5-7-16-40(37)51(41)33-11-2-1-3-12-33)35-26-28-43-47(30-35)54-46-20-10-19-45-48(46)52(43)42-17-8-9-18-44(42)53-45/h1-30H. The average Bonchev–Trinajstić information content (AvgIpc) is 3.55. The van der Waals surface area contributed by atoms with E-state index in [1.807, 2.05) is 66.7 Å². The molecular weight excluding hydrogens is 670 g/mol. The predicted molar refractivity (Wildman–Crippen MR) is 216 cm³/mol. The predicted octanol–water partition coefficient (Wildman–Crippen LogP) is 13.7. The Hall–Kier alpha value is -7.31. The summed E-state index contributed by atoms with van der Waals surface area (Å²) in [6.07, 6.45) is 0. The van der Waals surface area contributed by atoms with Gasteiger partial charge < -0.3 is 18.9 Å². The summed E-state index contributed by atoms with van der Waals surface area (Å²) in [6, 6.07) is 61.1. The Morgan fingerprint density at radius 1 is 0.463 bits per heavy atom. The minimum Gasteiger partial charge on any atom is -0.453 e. The van der Waals surface area contributed by atoms with Gasteiger partial charge in [0.15, 0.2) is 23.0 Å². The van der Waals surface area contributed by atoms with Gasteiger partial charge in [-0.2, -0.15) is 0 Å². The van der Waals surface area contributed by atoms with Gasteiger partial charge in [-0.15, -0.1) is 0 Å². The first-order valence-electron chi connectivity index (χ1n) is 18.0. The quantitative estimate of drug-likeness (QED) is 0.179. The molecule has 1 aromatic heterocycles. The minimum absolute atomic E-state index is 0.270. The van der Waals surface area contributed by atoms with E-state index in [1.165, 1.54) is 12.1 Å². The molecule has 9 aromatic rings. The lowest BCUT2D eigenvalue weighted by Gasteiger charge is -2.38. The van der Waals surface area contributed by atoms with Crippen LogP contribution in [0.5, 0.6) is 23.0 Å². The second kappa shape index (κ2) is 11.9. The molecule has 3 heterocycles. The first kappa shape index (κ1) is 30.3. The first-order valence-corrected chi connectivity index (χ1v) is 18.0. The third-order valence-electron chi connectivity index (χ3n) is 10.4. The van der Waals surface area contributed by atoms with Crippen molar-refractivity contribution >= 4 is 55.9 Å². The first-order chi connectivity index (χ1) is 26.7. The van der Waals surface area contributed by atoms with Gasteiger partial charge in [-0.25, -0.2) is 4.39 Å².